The predicted molar refractivity (Wildman–Crippen MR) is 99.7 cm³/mol. The van der Waals surface area contributed by atoms with Crippen LogP contribution in [0.1, 0.15) is 11.1 Å². The van der Waals surface area contributed by atoms with Gasteiger partial charge in [-0.3, -0.25) is 9.78 Å². The molecule has 1 heterocycles. The number of anilines is 1. The third-order valence-corrected chi connectivity index (χ3v) is 3.89. The van der Waals surface area contributed by atoms with Gasteiger partial charge in [0.25, 0.3) is 0 Å². The Morgan fingerprint density at radius 3 is 2.69 bits per heavy atom. The van der Waals surface area contributed by atoms with Crippen molar-refractivity contribution >= 4 is 11.6 Å². The zero-order valence-electron chi connectivity index (χ0n) is 14.3. The van der Waals surface area contributed by atoms with E-state index in [-0.39, 0.29) is 12.3 Å². The van der Waals surface area contributed by atoms with E-state index in [9.17, 15) is 4.79 Å². The summed E-state index contributed by atoms with van der Waals surface area (Å²) in [6, 6.07) is 20.3. The molecule has 0 aliphatic heterocycles. The summed E-state index contributed by atoms with van der Waals surface area (Å²) in [5, 5.41) is 11.9. The Labute approximate surface area is 151 Å². The quantitative estimate of drug-likeness (QED) is 0.764. The number of carbonyl (C=O) groups is 1. The number of carbonyl (C=O) groups excluding carboxylic acids is 1. The molecule has 0 saturated carbocycles. The highest BCUT2D eigenvalue weighted by Crippen LogP contribution is 2.29. The molecule has 0 radical (unpaired) electrons. The highest BCUT2D eigenvalue weighted by Gasteiger charge is 2.11. The standard InChI is InChI=1S/C21H17N3O2/c1-26-20-12-15(9-10-17(20)19-8-4-5-11-23-19)13-21(25)24-18-7-3-2-6-16(18)14-22/h2-12H,13H2,1H3,(H,24,25). The lowest BCUT2D eigenvalue weighted by molar-refractivity contribution is -0.115. The largest absolute Gasteiger partial charge is 0.496 e. The lowest BCUT2D eigenvalue weighted by atomic mass is 10.0. The number of ether oxygens (including phenoxy) is 1. The normalized spacial score (nSPS) is 10.0. The Morgan fingerprint density at radius 2 is 1.96 bits per heavy atom. The zero-order chi connectivity index (χ0) is 18.4. The minimum atomic E-state index is -0.194. The maximum absolute atomic E-state index is 12.3. The van der Waals surface area contributed by atoms with E-state index >= 15 is 0 Å². The van der Waals surface area contributed by atoms with Crippen LogP contribution in [0.15, 0.2) is 66.9 Å². The van der Waals surface area contributed by atoms with Gasteiger partial charge in [-0.2, -0.15) is 5.26 Å². The number of hydrogen-bond acceptors (Lipinski definition) is 4. The van der Waals surface area contributed by atoms with Crippen molar-refractivity contribution in [2.24, 2.45) is 0 Å². The van der Waals surface area contributed by atoms with E-state index in [2.05, 4.69) is 16.4 Å². The Morgan fingerprint density at radius 1 is 1.15 bits per heavy atom. The average molecular weight is 343 g/mol. The Balaban J connectivity index is 1.78. The number of amides is 1. The fourth-order valence-electron chi connectivity index (χ4n) is 2.65. The summed E-state index contributed by atoms with van der Waals surface area (Å²) in [7, 11) is 1.59. The molecule has 0 saturated heterocycles. The predicted octanol–water partition coefficient (Wildman–Crippen LogP) is 3.81. The average Bonchev–Trinajstić information content (AvgIpc) is 2.69. The molecule has 0 aliphatic rings. The molecule has 2 aromatic carbocycles. The lowest BCUT2D eigenvalue weighted by Gasteiger charge is -2.11. The van der Waals surface area contributed by atoms with Crippen LogP contribution < -0.4 is 10.1 Å². The van der Waals surface area contributed by atoms with Crippen molar-refractivity contribution < 1.29 is 9.53 Å². The van der Waals surface area contributed by atoms with E-state index in [1.54, 1.807) is 37.6 Å². The second kappa shape index (κ2) is 7.95. The fraction of sp³-hybridized carbons (Fsp3) is 0.0952. The number of para-hydroxylation sites is 1. The molecule has 0 atom stereocenters. The summed E-state index contributed by atoms with van der Waals surface area (Å²) in [5.41, 5.74) is 3.44. The van der Waals surface area contributed by atoms with E-state index in [4.69, 9.17) is 10.00 Å². The molecule has 0 spiro atoms. The van der Waals surface area contributed by atoms with E-state index in [1.807, 2.05) is 36.4 Å². The number of nitrogens with one attached hydrogen (secondary N) is 1. The van der Waals surface area contributed by atoms with Crippen LogP contribution in [0, 0.1) is 11.3 Å². The van der Waals surface area contributed by atoms with Crippen LogP contribution in [-0.2, 0) is 11.2 Å². The molecule has 5 heteroatoms. The summed E-state index contributed by atoms with van der Waals surface area (Å²) < 4.78 is 5.46. The van der Waals surface area contributed by atoms with Crippen LogP contribution in [0.4, 0.5) is 5.69 Å². The number of nitriles is 1. The van der Waals surface area contributed by atoms with Gasteiger partial charge in [-0.05, 0) is 42.0 Å². The molecule has 3 rings (SSSR count). The maximum Gasteiger partial charge on any atom is 0.228 e. The summed E-state index contributed by atoms with van der Waals surface area (Å²) >= 11 is 0. The van der Waals surface area contributed by atoms with Gasteiger partial charge in [0, 0.05) is 11.8 Å². The van der Waals surface area contributed by atoms with Gasteiger partial charge in [-0.15, -0.1) is 0 Å². The fourth-order valence-corrected chi connectivity index (χ4v) is 2.65. The summed E-state index contributed by atoms with van der Waals surface area (Å²) in [5.74, 6) is 0.465. The molecule has 0 bridgehead atoms. The molecular weight excluding hydrogens is 326 g/mol. The number of methoxy groups -OCH3 is 1. The number of benzene rings is 2. The van der Waals surface area contributed by atoms with Crippen LogP contribution in [0.2, 0.25) is 0 Å². The second-order valence-electron chi connectivity index (χ2n) is 5.63. The smallest absolute Gasteiger partial charge is 0.228 e. The van der Waals surface area contributed by atoms with E-state index < -0.39 is 0 Å². The monoisotopic (exact) mass is 343 g/mol. The summed E-state index contributed by atoms with van der Waals surface area (Å²) in [4.78, 5) is 16.7. The third-order valence-electron chi connectivity index (χ3n) is 3.89. The van der Waals surface area contributed by atoms with Crippen molar-refractivity contribution in [3.63, 3.8) is 0 Å². The Hall–Kier alpha value is -3.65. The van der Waals surface area contributed by atoms with Crippen molar-refractivity contribution in [3.05, 3.63) is 78.0 Å². The molecule has 1 aromatic heterocycles. The number of nitrogens with zero attached hydrogens (tertiary/aromatic N) is 2. The van der Waals surface area contributed by atoms with Gasteiger partial charge in [0.15, 0.2) is 0 Å². The number of hydrogen-bond donors (Lipinski definition) is 1. The van der Waals surface area contributed by atoms with Crippen molar-refractivity contribution in [1.29, 1.82) is 5.26 Å². The highest BCUT2D eigenvalue weighted by atomic mass is 16.5. The van der Waals surface area contributed by atoms with Crippen LogP contribution in [0.3, 0.4) is 0 Å². The minimum absolute atomic E-state index is 0.179. The first-order chi connectivity index (χ1) is 12.7. The van der Waals surface area contributed by atoms with Crippen molar-refractivity contribution in [2.75, 3.05) is 12.4 Å². The minimum Gasteiger partial charge on any atom is -0.496 e. The Bertz CT molecular complexity index is 962. The molecule has 3 aromatic rings. The van der Waals surface area contributed by atoms with Gasteiger partial charge in [0.05, 0.1) is 30.5 Å². The summed E-state index contributed by atoms with van der Waals surface area (Å²) in [6.07, 6.45) is 1.90. The first-order valence-corrected chi connectivity index (χ1v) is 8.08. The molecule has 0 aliphatic carbocycles. The third kappa shape index (κ3) is 3.87. The first kappa shape index (κ1) is 17.2. The van der Waals surface area contributed by atoms with Gasteiger partial charge in [0.2, 0.25) is 5.91 Å². The number of rotatable bonds is 5. The van der Waals surface area contributed by atoms with Gasteiger partial charge in [0.1, 0.15) is 11.8 Å². The molecule has 1 amide bonds. The van der Waals surface area contributed by atoms with Crippen molar-refractivity contribution in [2.45, 2.75) is 6.42 Å². The summed E-state index contributed by atoms with van der Waals surface area (Å²) in [6.45, 7) is 0. The lowest BCUT2D eigenvalue weighted by Crippen LogP contribution is -2.15. The van der Waals surface area contributed by atoms with Gasteiger partial charge in [-0.25, -0.2) is 0 Å². The van der Waals surface area contributed by atoms with Crippen LogP contribution in [-0.4, -0.2) is 18.0 Å². The van der Waals surface area contributed by atoms with E-state index in [0.717, 1.165) is 16.8 Å². The molecule has 1 N–H and O–H groups in total. The van der Waals surface area contributed by atoms with Gasteiger partial charge < -0.3 is 10.1 Å². The number of pyridine rings is 1. The molecule has 0 unspecified atom stereocenters. The SMILES string of the molecule is COc1cc(CC(=O)Nc2ccccc2C#N)ccc1-c1ccccn1. The Kier molecular flexibility index (Phi) is 5.25. The van der Waals surface area contributed by atoms with Crippen LogP contribution in [0.5, 0.6) is 5.75 Å². The van der Waals surface area contributed by atoms with Crippen LogP contribution in [0.25, 0.3) is 11.3 Å². The first-order valence-electron chi connectivity index (χ1n) is 8.08. The molecule has 128 valence electrons. The molecular formula is C21H17N3O2. The van der Waals surface area contributed by atoms with E-state index in [0.29, 0.717) is 17.0 Å². The van der Waals surface area contributed by atoms with Crippen molar-refractivity contribution in [3.8, 4) is 23.1 Å². The topological polar surface area (TPSA) is 75.0 Å². The van der Waals surface area contributed by atoms with Gasteiger partial charge >= 0.3 is 0 Å². The zero-order valence-corrected chi connectivity index (χ0v) is 14.3. The highest BCUT2D eigenvalue weighted by molar-refractivity contribution is 5.93. The second-order valence-corrected chi connectivity index (χ2v) is 5.63. The maximum atomic E-state index is 12.3. The molecule has 0 fully saturated rings. The van der Waals surface area contributed by atoms with Crippen LogP contribution >= 0.6 is 0 Å². The molecule has 26 heavy (non-hydrogen) atoms. The molecule has 5 nitrogen and oxygen atoms in total. The van der Waals surface area contributed by atoms with Gasteiger partial charge in [-0.1, -0.05) is 24.3 Å². The number of aromatic nitrogens is 1. The van der Waals surface area contributed by atoms with Crippen molar-refractivity contribution in [1.82, 2.24) is 4.98 Å². The van der Waals surface area contributed by atoms with E-state index in [1.165, 1.54) is 0 Å².